The van der Waals surface area contributed by atoms with Crippen LogP contribution >= 0.6 is 0 Å². The van der Waals surface area contributed by atoms with Crippen molar-refractivity contribution in [1.29, 1.82) is 5.26 Å². The number of carbonyl (C=O) groups is 1. The highest BCUT2D eigenvalue weighted by Gasteiger charge is 2.28. The maximum absolute atomic E-state index is 12.7. The van der Waals surface area contributed by atoms with Crippen molar-refractivity contribution in [3.8, 4) is 6.07 Å². The lowest BCUT2D eigenvalue weighted by atomic mass is 9.95. The monoisotopic (exact) mass is 367 g/mol. The standard InChI is InChI=1S/C19H25N7O/c1-4-26-17(13-24(2)3)22-23-18(26)14-7-9-25(10-8-14)19(27)15-5-6-16(11-20)21-12-15/h5-6,12,14H,4,7-10,13H2,1-3H3. The number of piperidine rings is 1. The largest absolute Gasteiger partial charge is 0.339 e. The Morgan fingerprint density at radius 2 is 2.04 bits per heavy atom. The predicted molar refractivity (Wildman–Crippen MR) is 99.9 cm³/mol. The molecule has 0 spiro atoms. The number of hydrogen-bond donors (Lipinski definition) is 0. The number of hydrogen-bond acceptors (Lipinski definition) is 6. The Morgan fingerprint density at radius 3 is 2.59 bits per heavy atom. The van der Waals surface area contributed by atoms with E-state index in [1.165, 1.54) is 6.20 Å². The van der Waals surface area contributed by atoms with Gasteiger partial charge in [0.2, 0.25) is 0 Å². The summed E-state index contributed by atoms with van der Waals surface area (Å²) in [7, 11) is 4.05. The number of nitriles is 1. The summed E-state index contributed by atoms with van der Waals surface area (Å²) in [5, 5.41) is 17.7. The van der Waals surface area contributed by atoms with Gasteiger partial charge in [-0.15, -0.1) is 10.2 Å². The third-order valence-corrected chi connectivity index (χ3v) is 4.90. The van der Waals surface area contributed by atoms with Crippen LogP contribution in [-0.4, -0.2) is 62.6 Å². The first-order valence-electron chi connectivity index (χ1n) is 9.25. The fraction of sp³-hybridized carbons (Fsp3) is 0.526. The second-order valence-corrected chi connectivity index (χ2v) is 7.07. The molecule has 1 amide bonds. The van der Waals surface area contributed by atoms with Crippen LogP contribution in [0.3, 0.4) is 0 Å². The zero-order valence-corrected chi connectivity index (χ0v) is 16.1. The first kappa shape index (κ1) is 19.0. The van der Waals surface area contributed by atoms with Crippen molar-refractivity contribution >= 4 is 5.91 Å². The normalized spacial score (nSPS) is 15.1. The van der Waals surface area contributed by atoms with Crippen LogP contribution in [-0.2, 0) is 13.1 Å². The van der Waals surface area contributed by atoms with E-state index in [2.05, 4.69) is 31.6 Å². The lowest BCUT2D eigenvalue weighted by molar-refractivity contribution is 0.0709. The molecule has 3 heterocycles. The molecule has 1 aliphatic rings. The first-order valence-corrected chi connectivity index (χ1v) is 9.25. The SMILES string of the molecule is CCn1c(CN(C)C)nnc1C1CCN(C(=O)c2ccc(C#N)nc2)CC1. The van der Waals surface area contributed by atoms with E-state index < -0.39 is 0 Å². The van der Waals surface area contributed by atoms with Gasteiger partial charge in [-0.05, 0) is 46.0 Å². The molecular formula is C19H25N7O. The van der Waals surface area contributed by atoms with Gasteiger partial charge < -0.3 is 14.4 Å². The van der Waals surface area contributed by atoms with Crippen molar-refractivity contribution in [3.63, 3.8) is 0 Å². The van der Waals surface area contributed by atoms with Crippen LogP contribution in [0.25, 0.3) is 0 Å². The molecule has 3 rings (SSSR count). The number of nitrogens with zero attached hydrogens (tertiary/aromatic N) is 7. The molecular weight excluding hydrogens is 342 g/mol. The molecule has 2 aromatic rings. The fourth-order valence-corrected chi connectivity index (χ4v) is 3.51. The average Bonchev–Trinajstić information content (AvgIpc) is 3.09. The van der Waals surface area contributed by atoms with Gasteiger partial charge in [0, 0.05) is 31.7 Å². The number of likely N-dealkylation sites (tertiary alicyclic amines) is 1. The van der Waals surface area contributed by atoms with Gasteiger partial charge >= 0.3 is 0 Å². The second kappa shape index (κ2) is 8.27. The second-order valence-electron chi connectivity index (χ2n) is 7.07. The van der Waals surface area contributed by atoms with Crippen LogP contribution in [0.2, 0.25) is 0 Å². The molecule has 0 atom stereocenters. The Hall–Kier alpha value is -2.79. The van der Waals surface area contributed by atoms with Gasteiger partial charge in [0.15, 0.2) is 0 Å². The van der Waals surface area contributed by atoms with Gasteiger partial charge in [-0.3, -0.25) is 4.79 Å². The van der Waals surface area contributed by atoms with E-state index in [-0.39, 0.29) is 5.91 Å². The van der Waals surface area contributed by atoms with Gasteiger partial charge in [-0.2, -0.15) is 5.26 Å². The van der Waals surface area contributed by atoms with Crippen molar-refractivity contribution in [1.82, 2.24) is 29.5 Å². The number of aromatic nitrogens is 4. The van der Waals surface area contributed by atoms with E-state index in [0.717, 1.165) is 37.6 Å². The van der Waals surface area contributed by atoms with Crippen LogP contribution < -0.4 is 0 Å². The third kappa shape index (κ3) is 4.14. The molecule has 0 bridgehead atoms. The summed E-state index contributed by atoms with van der Waals surface area (Å²) in [6.07, 6.45) is 3.22. The van der Waals surface area contributed by atoms with Crippen LogP contribution in [0.5, 0.6) is 0 Å². The summed E-state index contributed by atoms with van der Waals surface area (Å²) >= 11 is 0. The number of amides is 1. The number of rotatable bonds is 5. The van der Waals surface area contributed by atoms with Crippen molar-refractivity contribution in [2.45, 2.75) is 38.8 Å². The minimum absolute atomic E-state index is 0.0318. The highest BCUT2D eigenvalue weighted by atomic mass is 16.2. The Morgan fingerprint density at radius 1 is 1.30 bits per heavy atom. The van der Waals surface area contributed by atoms with Crippen molar-refractivity contribution in [2.24, 2.45) is 0 Å². The van der Waals surface area contributed by atoms with Gasteiger partial charge in [0.05, 0.1) is 12.1 Å². The Kier molecular flexibility index (Phi) is 5.81. The average molecular weight is 367 g/mol. The molecule has 0 unspecified atom stereocenters. The van der Waals surface area contributed by atoms with E-state index in [0.29, 0.717) is 30.3 Å². The zero-order chi connectivity index (χ0) is 19.4. The first-order chi connectivity index (χ1) is 13.0. The van der Waals surface area contributed by atoms with Crippen LogP contribution in [0.4, 0.5) is 0 Å². The lowest BCUT2D eigenvalue weighted by Crippen LogP contribution is -2.38. The molecule has 142 valence electrons. The maximum atomic E-state index is 12.7. The molecule has 0 N–H and O–H groups in total. The van der Waals surface area contributed by atoms with Crippen LogP contribution in [0.15, 0.2) is 18.3 Å². The molecule has 8 nitrogen and oxygen atoms in total. The number of pyridine rings is 1. The quantitative estimate of drug-likeness (QED) is 0.798. The molecule has 1 aliphatic heterocycles. The predicted octanol–water partition coefficient (Wildman–Crippen LogP) is 1.65. The molecule has 0 saturated carbocycles. The van der Waals surface area contributed by atoms with E-state index in [9.17, 15) is 4.79 Å². The molecule has 1 fully saturated rings. The Balaban J connectivity index is 1.65. The topological polar surface area (TPSA) is 90.9 Å². The smallest absolute Gasteiger partial charge is 0.255 e. The van der Waals surface area contributed by atoms with E-state index >= 15 is 0 Å². The summed E-state index contributed by atoms with van der Waals surface area (Å²) in [4.78, 5) is 20.6. The van der Waals surface area contributed by atoms with Gasteiger partial charge in [-0.1, -0.05) is 0 Å². The minimum atomic E-state index is -0.0318. The third-order valence-electron chi connectivity index (χ3n) is 4.90. The lowest BCUT2D eigenvalue weighted by Gasteiger charge is -2.31. The van der Waals surface area contributed by atoms with Crippen molar-refractivity contribution < 1.29 is 4.79 Å². The summed E-state index contributed by atoms with van der Waals surface area (Å²) in [6, 6.07) is 5.21. The molecule has 0 aliphatic carbocycles. The van der Waals surface area contributed by atoms with E-state index in [4.69, 9.17) is 5.26 Å². The van der Waals surface area contributed by atoms with Crippen molar-refractivity contribution in [2.75, 3.05) is 27.2 Å². The highest BCUT2D eigenvalue weighted by molar-refractivity contribution is 5.94. The Bertz CT molecular complexity index is 827. The van der Waals surface area contributed by atoms with Gasteiger partial charge in [0.1, 0.15) is 23.4 Å². The fourth-order valence-electron chi connectivity index (χ4n) is 3.51. The molecule has 0 aromatic carbocycles. The van der Waals surface area contributed by atoms with Crippen LogP contribution in [0, 0.1) is 11.3 Å². The minimum Gasteiger partial charge on any atom is -0.339 e. The maximum Gasteiger partial charge on any atom is 0.255 e. The molecule has 1 saturated heterocycles. The molecule has 27 heavy (non-hydrogen) atoms. The molecule has 0 radical (unpaired) electrons. The zero-order valence-electron chi connectivity index (χ0n) is 16.1. The van der Waals surface area contributed by atoms with E-state index in [1.54, 1.807) is 12.1 Å². The highest BCUT2D eigenvalue weighted by Crippen LogP contribution is 2.28. The van der Waals surface area contributed by atoms with Gasteiger partial charge in [0.25, 0.3) is 5.91 Å². The summed E-state index contributed by atoms with van der Waals surface area (Å²) in [6.45, 7) is 5.10. The number of carbonyl (C=O) groups excluding carboxylic acids is 1. The molecule has 2 aromatic heterocycles. The van der Waals surface area contributed by atoms with Gasteiger partial charge in [-0.25, -0.2) is 4.98 Å². The van der Waals surface area contributed by atoms with Crippen LogP contribution in [0.1, 0.15) is 53.4 Å². The van der Waals surface area contributed by atoms with E-state index in [1.807, 2.05) is 25.1 Å². The van der Waals surface area contributed by atoms with Crippen molar-refractivity contribution in [3.05, 3.63) is 41.2 Å². The Labute approximate surface area is 159 Å². The summed E-state index contributed by atoms with van der Waals surface area (Å²) in [5.74, 6) is 2.30. The molecule has 8 heteroatoms. The summed E-state index contributed by atoms with van der Waals surface area (Å²) < 4.78 is 2.20. The summed E-state index contributed by atoms with van der Waals surface area (Å²) in [5.41, 5.74) is 0.843.